The molecule has 0 unspecified atom stereocenters. The number of ether oxygens (including phenoxy) is 1. The largest absolute Gasteiger partial charge is 0.378 e. The van der Waals surface area contributed by atoms with E-state index in [4.69, 9.17) is 4.74 Å². The van der Waals surface area contributed by atoms with Crippen molar-refractivity contribution in [3.63, 3.8) is 0 Å². The summed E-state index contributed by atoms with van der Waals surface area (Å²) in [6, 6.07) is 1.25. The number of hydrogen-bond donors (Lipinski definition) is 2. The molecule has 2 aromatic heterocycles. The summed E-state index contributed by atoms with van der Waals surface area (Å²) >= 11 is 0. The van der Waals surface area contributed by atoms with Gasteiger partial charge in [0, 0.05) is 55.3 Å². The highest BCUT2D eigenvalue weighted by atomic mass is 19.1. The van der Waals surface area contributed by atoms with Gasteiger partial charge >= 0.3 is 0 Å². The standard InChI is InChI=1S/C21H22F3N7O2/c1-13-8-26-21(29-20(13)25-10-16-17(23)6-14(22)7-18(16)24)28-15-9-27-31(11-15)12-19(32)30-2-4-33-5-3-30/h6-9,11H,2-5,10,12H2,1H3,(H2,25,26,28,29). The van der Waals surface area contributed by atoms with Gasteiger partial charge in [0.25, 0.3) is 0 Å². The van der Waals surface area contributed by atoms with E-state index in [0.717, 1.165) is 0 Å². The molecular formula is C21H22F3N7O2. The molecule has 2 N–H and O–H groups in total. The van der Waals surface area contributed by atoms with Crippen LogP contribution in [-0.4, -0.2) is 56.9 Å². The van der Waals surface area contributed by atoms with Crippen LogP contribution in [0.4, 0.5) is 30.6 Å². The molecule has 1 aliphatic rings. The maximum atomic E-state index is 13.9. The van der Waals surface area contributed by atoms with Crippen molar-refractivity contribution in [1.82, 2.24) is 24.6 Å². The molecule has 1 saturated heterocycles. The third-order valence-electron chi connectivity index (χ3n) is 5.06. The molecule has 3 heterocycles. The van der Waals surface area contributed by atoms with E-state index in [1.807, 2.05) is 0 Å². The normalized spacial score (nSPS) is 13.8. The van der Waals surface area contributed by atoms with Crippen LogP contribution in [0.15, 0.2) is 30.7 Å². The summed E-state index contributed by atoms with van der Waals surface area (Å²) in [4.78, 5) is 22.6. The van der Waals surface area contributed by atoms with E-state index in [0.29, 0.717) is 55.5 Å². The third kappa shape index (κ3) is 5.58. The smallest absolute Gasteiger partial charge is 0.244 e. The molecule has 33 heavy (non-hydrogen) atoms. The topological polar surface area (TPSA) is 97.2 Å². The van der Waals surface area contributed by atoms with Crippen LogP contribution in [0.2, 0.25) is 0 Å². The molecular weight excluding hydrogens is 439 g/mol. The molecule has 1 aromatic carbocycles. The van der Waals surface area contributed by atoms with E-state index in [2.05, 4.69) is 25.7 Å². The quantitative estimate of drug-likeness (QED) is 0.558. The molecule has 1 amide bonds. The molecule has 1 aliphatic heterocycles. The Kier molecular flexibility index (Phi) is 6.73. The first-order chi connectivity index (χ1) is 15.9. The van der Waals surface area contributed by atoms with Gasteiger partial charge in [-0.05, 0) is 6.92 Å². The van der Waals surface area contributed by atoms with E-state index in [1.54, 1.807) is 24.2 Å². The fraction of sp³-hybridized carbons (Fsp3) is 0.333. The van der Waals surface area contributed by atoms with Gasteiger partial charge in [0.05, 0.1) is 25.1 Å². The van der Waals surface area contributed by atoms with Gasteiger partial charge in [-0.15, -0.1) is 0 Å². The van der Waals surface area contributed by atoms with Crippen molar-refractivity contribution in [1.29, 1.82) is 0 Å². The Morgan fingerprint density at radius 3 is 2.61 bits per heavy atom. The molecule has 0 spiro atoms. The SMILES string of the molecule is Cc1cnc(Nc2cnn(CC(=O)N3CCOCC3)c2)nc1NCc1c(F)cc(F)cc1F. The third-order valence-corrected chi connectivity index (χ3v) is 5.06. The van der Waals surface area contributed by atoms with E-state index < -0.39 is 17.5 Å². The number of halogens is 3. The van der Waals surface area contributed by atoms with E-state index in [-0.39, 0.29) is 30.5 Å². The number of carbonyl (C=O) groups is 1. The van der Waals surface area contributed by atoms with Crippen LogP contribution in [0.1, 0.15) is 11.1 Å². The molecule has 1 fully saturated rings. The fourth-order valence-corrected chi connectivity index (χ4v) is 3.29. The van der Waals surface area contributed by atoms with Gasteiger partial charge in [0.2, 0.25) is 11.9 Å². The monoisotopic (exact) mass is 461 g/mol. The van der Waals surface area contributed by atoms with E-state index >= 15 is 0 Å². The predicted octanol–water partition coefficient (Wildman–Crippen LogP) is 2.61. The van der Waals surface area contributed by atoms with Crippen molar-refractivity contribution in [3.05, 3.63) is 59.3 Å². The van der Waals surface area contributed by atoms with Crippen LogP contribution in [0.5, 0.6) is 0 Å². The lowest BCUT2D eigenvalue weighted by atomic mass is 10.2. The maximum absolute atomic E-state index is 13.9. The summed E-state index contributed by atoms with van der Waals surface area (Å²) in [7, 11) is 0. The van der Waals surface area contributed by atoms with Gasteiger partial charge in [0.1, 0.15) is 29.8 Å². The van der Waals surface area contributed by atoms with Gasteiger partial charge in [-0.1, -0.05) is 0 Å². The van der Waals surface area contributed by atoms with Crippen LogP contribution in [0.25, 0.3) is 0 Å². The Morgan fingerprint density at radius 1 is 1.15 bits per heavy atom. The molecule has 3 aromatic rings. The lowest BCUT2D eigenvalue weighted by molar-refractivity contribution is -0.136. The first-order valence-corrected chi connectivity index (χ1v) is 10.2. The number of rotatable bonds is 7. The molecule has 9 nitrogen and oxygen atoms in total. The second kappa shape index (κ2) is 9.86. The van der Waals surface area contributed by atoms with Crippen molar-refractivity contribution in [2.75, 3.05) is 36.9 Å². The molecule has 4 rings (SSSR count). The maximum Gasteiger partial charge on any atom is 0.244 e. The Bertz CT molecular complexity index is 1130. The van der Waals surface area contributed by atoms with Crippen LogP contribution in [0.3, 0.4) is 0 Å². The average Bonchev–Trinajstić information content (AvgIpc) is 3.22. The highest BCUT2D eigenvalue weighted by molar-refractivity contribution is 5.76. The van der Waals surface area contributed by atoms with Crippen LogP contribution >= 0.6 is 0 Å². The summed E-state index contributed by atoms with van der Waals surface area (Å²) in [5.74, 6) is -2.42. The van der Waals surface area contributed by atoms with Crippen LogP contribution < -0.4 is 10.6 Å². The molecule has 0 radical (unpaired) electrons. The number of nitrogens with one attached hydrogen (secondary N) is 2. The minimum Gasteiger partial charge on any atom is -0.378 e. The zero-order valence-corrected chi connectivity index (χ0v) is 17.8. The van der Waals surface area contributed by atoms with Gasteiger partial charge in [0.15, 0.2) is 0 Å². The number of aryl methyl sites for hydroxylation is 1. The Morgan fingerprint density at radius 2 is 1.88 bits per heavy atom. The van der Waals surface area contributed by atoms with Crippen LogP contribution in [-0.2, 0) is 22.6 Å². The lowest BCUT2D eigenvalue weighted by Crippen LogP contribution is -2.42. The van der Waals surface area contributed by atoms with Crippen molar-refractivity contribution in [3.8, 4) is 0 Å². The summed E-state index contributed by atoms with van der Waals surface area (Å²) in [6.07, 6.45) is 4.73. The number of amides is 1. The van der Waals surface area contributed by atoms with Crippen molar-refractivity contribution >= 4 is 23.4 Å². The predicted molar refractivity (Wildman–Crippen MR) is 113 cm³/mol. The molecule has 0 aliphatic carbocycles. The molecule has 0 saturated carbocycles. The number of morpholine rings is 1. The number of aromatic nitrogens is 4. The average molecular weight is 461 g/mol. The van der Waals surface area contributed by atoms with Crippen LogP contribution in [0, 0.1) is 24.4 Å². The van der Waals surface area contributed by atoms with Crippen molar-refractivity contribution in [2.45, 2.75) is 20.0 Å². The number of carbonyl (C=O) groups excluding carboxylic acids is 1. The summed E-state index contributed by atoms with van der Waals surface area (Å²) < 4.78 is 47.6. The molecule has 0 atom stereocenters. The minimum atomic E-state index is -0.982. The highest BCUT2D eigenvalue weighted by Crippen LogP contribution is 2.20. The van der Waals surface area contributed by atoms with Gasteiger partial charge in [-0.3, -0.25) is 9.48 Å². The Hall–Kier alpha value is -3.67. The van der Waals surface area contributed by atoms with Gasteiger partial charge < -0.3 is 20.3 Å². The lowest BCUT2D eigenvalue weighted by Gasteiger charge is -2.26. The zero-order valence-electron chi connectivity index (χ0n) is 17.8. The second-order valence-corrected chi connectivity index (χ2v) is 7.47. The van der Waals surface area contributed by atoms with E-state index in [1.165, 1.54) is 10.9 Å². The number of benzene rings is 1. The van der Waals surface area contributed by atoms with Gasteiger partial charge in [-0.25, -0.2) is 18.2 Å². The number of hydrogen-bond acceptors (Lipinski definition) is 7. The first-order valence-electron chi connectivity index (χ1n) is 10.2. The Balaban J connectivity index is 1.39. The summed E-state index contributed by atoms with van der Waals surface area (Å²) in [6.45, 7) is 3.78. The first kappa shape index (κ1) is 22.5. The number of nitrogens with zero attached hydrogens (tertiary/aromatic N) is 5. The van der Waals surface area contributed by atoms with Crippen molar-refractivity contribution in [2.24, 2.45) is 0 Å². The second-order valence-electron chi connectivity index (χ2n) is 7.47. The minimum absolute atomic E-state index is 0.0497. The van der Waals surface area contributed by atoms with Crippen molar-refractivity contribution < 1.29 is 22.7 Å². The summed E-state index contributed by atoms with van der Waals surface area (Å²) in [5, 5.41) is 10.0. The zero-order chi connectivity index (χ0) is 23.4. The van der Waals surface area contributed by atoms with Gasteiger partial charge in [-0.2, -0.15) is 10.1 Å². The summed E-state index contributed by atoms with van der Waals surface area (Å²) in [5.41, 5.74) is 0.917. The molecule has 0 bridgehead atoms. The van der Waals surface area contributed by atoms with E-state index in [9.17, 15) is 18.0 Å². The molecule has 174 valence electrons. The molecule has 12 heteroatoms. The Labute approximate surface area is 187 Å². The fourth-order valence-electron chi connectivity index (χ4n) is 3.29. The number of anilines is 3. The highest BCUT2D eigenvalue weighted by Gasteiger charge is 2.18.